The molecule has 1 saturated heterocycles. The van der Waals surface area contributed by atoms with Gasteiger partial charge in [-0.15, -0.1) is 0 Å². The Kier molecular flexibility index (Phi) is 5.64. The standard InChI is InChI=1S/C15H21F2N3O/c16-12-3-4-13(14(17)11-12)15(21)20-8-2-7-19(9-10-20)6-1-5-18/h3-4,11H,1-2,5-10,18H2. The van der Waals surface area contributed by atoms with E-state index in [2.05, 4.69) is 4.90 Å². The Morgan fingerprint density at radius 1 is 1.19 bits per heavy atom. The minimum atomic E-state index is -0.802. The summed E-state index contributed by atoms with van der Waals surface area (Å²) >= 11 is 0. The lowest BCUT2D eigenvalue weighted by Gasteiger charge is -2.22. The quantitative estimate of drug-likeness (QED) is 0.915. The molecule has 1 amide bonds. The number of carbonyl (C=O) groups excluding carboxylic acids is 1. The van der Waals surface area contributed by atoms with Crippen molar-refractivity contribution in [3.8, 4) is 0 Å². The second-order valence-corrected chi connectivity index (χ2v) is 5.25. The van der Waals surface area contributed by atoms with Gasteiger partial charge in [-0.3, -0.25) is 4.79 Å². The lowest BCUT2D eigenvalue weighted by Crippen LogP contribution is -2.36. The second kappa shape index (κ2) is 7.47. The fourth-order valence-electron chi connectivity index (χ4n) is 2.55. The zero-order valence-electron chi connectivity index (χ0n) is 12.0. The smallest absolute Gasteiger partial charge is 0.256 e. The number of halogens is 2. The molecule has 1 aromatic carbocycles. The molecule has 1 heterocycles. The van der Waals surface area contributed by atoms with Crippen molar-refractivity contribution < 1.29 is 13.6 Å². The molecule has 2 rings (SSSR count). The minimum Gasteiger partial charge on any atom is -0.337 e. The van der Waals surface area contributed by atoms with Gasteiger partial charge in [-0.05, 0) is 44.6 Å². The van der Waals surface area contributed by atoms with Crippen LogP contribution in [0.5, 0.6) is 0 Å². The average Bonchev–Trinajstić information content (AvgIpc) is 2.70. The summed E-state index contributed by atoms with van der Waals surface area (Å²) in [5.41, 5.74) is 5.44. The van der Waals surface area contributed by atoms with Gasteiger partial charge in [0.1, 0.15) is 11.6 Å². The fourth-order valence-corrected chi connectivity index (χ4v) is 2.55. The van der Waals surface area contributed by atoms with Gasteiger partial charge in [0.15, 0.2) is 0 Å². The second-order valence-electron chi connectivity index (χ2n) is 5.25. The van der Waals surface area contributed by atoms with Gasteiger partial charge in [0.05, 0.1) is 5.56 Å². The maximum atomic E-state index is 13.7. The van der Waals surface area contributed by atoms with Crippen LogP contribution in [0.4, 0.5) is 8.78 Å². The number of amides is 1. The Labute approximate surface area is 123 Å². The highest BCUT2D eigenvalue weighted by Gasteiger charge is 2.22. The number of nitrogens with zero attached hydrogens (tertiary/aromatic N) is 2. The van der Waals surface area contributed by atoms with Crippen LogP contribution in [0.25, 0.3) is 0 Å². The van der Waals surface area contributed by atoms with Crippen LogP contribution < -0.4 is 5.73 Å². The molecule has 1 aliphatic rings. The Morgan fingerprint density at radius 3 is 2.71 bits per heavy atom. The van der Waals surface area contributed by atoms with E-state index in [1.807, 2.05) is 0 Å². The highest BCUT2D eigenvalue weighted by molar-refractivity contribution is 5.94. The Hall–Kier alpha value is -1.53. The van der Waals surface area contributed by atoms with Crippen LogP contribution in [0, 0.1) is 11.6 Å². The maximum absolute atomic E-state index is 13.7. The molecule has 21 heavy (non-hydrogen) atoms. The van der Waals surface area contributed by atoms with Crippen LogP contribution in [0.2, 0.25) is 0 Å². The topological polar surface area (TPSA) is 49.6 Å². The molecule has 0 bridgehead atoms. The van der Waals surface area contributed by atoms with E-state index in [0.29, 0.717) is 19.6 Å². The molecule has 1 fully saturated rings. The number of benzene rings is 1. The van der Waals surface area contributed by atoms with Crippen molar-refractivity contribution in [1.82, 2.24) is 9.80 Å². The molecular weight excluding hydrogens is 276 g/mol. The fraction of sp³-hybridized carbons (Fsp3) is 0.533. The van der Waals surface area contributed by atoms with Gasteiger partial charge >= 0.3 is 0 Å². The Morgan fingerprint density at radius 2 is 2.00 bits per heavy atom. The summed E-state index contributed by atoms with van der Waals surface area (Å²) in [4.78, 5) is 16.2. The third-order valence-corrected chi connectivity index (χ3v) is 3.72. The van der Waals surface area contributed by atoms with E-state index in [1.54, 1.807) is 4.90 Å². The molecule has 0 aliphatic carbocycles. The molecule has 4 nitrogen and oxygen atoms in total. The molecule has 0 aromatic heterocycles. The van der Waals surface area contributed by atoms with E-state index < -0.39 is 11.6 Å². The van der Waals surface area contributed by atoms with Crippen molar-refractivity contribution in [2.45, 2.75) is 12.8 Å². The van der Waals surface area contributed by atoms with Gasteiger partial charge in [-0.1, -0.05) is 0 Å². The first kappa shape index (κ1) is 15.9. The molecule has 0 unspecified atom stereocenters. The molecule has 0 spiro atoms. The van der Waals surface area contributed by atoms with Crippen LogP contribution in [0.1, 0.15) is 23.2 Å². The molecule has 116 valence electrons. The van der Waals surface area contributed by atoms with Crippen molar-refractivity contribution in [2.24, 2.45) is 5.73 Å². The van der Waals surface area contributed by atoms with Crippen LogP contribution in [0.3, 0.4) is 0 Å². The first-order valence-electron chi connectivity index (χ1n) is 7.28. The number of nitrogens with two attached hydrogens (primary N) is 1. The van der Waals surface area contributed by atoms with Crippen molar-refractivity contribution in [1.29, 1.82) is 0 Å². The van der Waals surface area contributed by atoms with Crippen LogP contribution in [-0.2, 0) is 0 Å². The summed E-state index contributed by atoms with van der Waals surface area (Å²) in [6.07, 6.45) is 1.78. The van der Waals surface area contributed by atoms with Gasteiger partial charge in [0.2, 0.25) is 0 Å². The van der Waals surface area contributed by atoms with E-state index >= 15 is 0 Å². The van der Waals surface area contributed by atoms with Crippen LogP contribution >= 0.6 is 0 Å². The first-order chi connectivity index (χ1) is 10.1. The number of hydrogen-bond acceptors (Lipinski definition) is 3. The monoisotopic (exact) mass is 297 g/mol. The summed E-state index contributed by atoms with van der Waals surface area (Å²) in [5.74, 6) is -1.84. The third-order valence-electron chi connectivity index (χ3n) is 3.72. The van der Waals surface area contributed by atoms with Gasteiger partial charge in [-0.2, -0.15) is 0 Å². The van der Waals surface area contributed by atoms with E-state index in [4.69, 9.17) is 5.73 Å². The summed E-state index contributed by atoms with van der Waals surface area (Å²) in [7, 11) is 0. The average molecular weight is 297 g/mol. The van der Waals surface area contributed by atoms with Gasteiger partial charge < -0.3 is 15.5 Å². The third kappa shape index (κ3) is 4.22. The van der Waals surface area contributed by atoms with Crippen molar-refractivity contribution >= 4 is 5.91 Å². The number of rotatable bonds is 4. The lowest BCUT2D eigenvalue weighted by atomic mass is 10.1. The van der Waals surface area contributed by atoms with E-state index in [0.717, 1.165) is 44.6 Å². The van der Waals surface area contributed by atoms with Crippen LogP contribution in [0.15, 0.2) is 18.2 Å². The summed E-state index contributed by atoms with van der Waals surface area (Å²) in [5, 5.41) is 0. The molecule has 0 atom stereocenters. The highest BCUT2D eigenvalue weighted by Crippen LogP contribution is 2.14. The minimum absolute atomic E-state index is 0.0631. The molecule has 0 radical (unpaired) electrons. The molecule has 0 saturated carbocycles. The highest BCUT2D eigenvalue weighted by atomic mass is 19.1. The molecule has 1 aromatic rings. The van der Waals surface area contributed by atoms with Gasteiger partial charge in [0, 0.05) is 25.7 Å². The van der Waals surface area contributed by atoms with Gasteiger partial charge in [-0.25, -0.2) is 8.78 Å². The van der Waals surface area contributed by atoms with E-state index in [9.17, 15) is 13.6 Å². The first-order valence-corrected chi connectivity index (χ1v) is 7.28. The maximum Gasteiger partial charge on any atom is 0.256 e. The predicted octanol–water partition coefficient (Wildman–Crippen LogP) is 1.46. The summed E-state index contributed by atoms with van der Waals surface area (Å²) in [6, 6.07) is 3.07. The normalized spacial score (nSPS) is 16.8. The van der Waals surface area contributed by atoms with Crippen LogP contribution in [-0.4, -0.2) is 55.0 Å². The zero-order chi connectivity index (χ0) is 15.2. The zero-order valence-corrected chi connectivity index (χ0v) is 12.0. The van der Waals surface area contributed by atoms with Crippen molar-refractivity contribution in [3.05, 3.63) is 35.4 Å². The molecule has 1 aliphatic heterocycles. The van der Waals surface area contributed by atoms with Gasteiger partial charge in [0.25, 0.3) is 5.91 Å². The molecule has 2 N–H and O–H groups in total. The SMILES string of the molecule is NCCCN1CCCN(C(=O)c2ccc(F)cc2F)CC1. The number of hydrogen-bond donors (Lipinski definition) is 1. The Balaban J connectivity index is 1.99. The van der Waals surface area contributed by atoms with Crippen molar-refractivity contribution in [2.75, 3.05) is 39.3 Å². The summed E-state index contributed by atoms with van der Waals surface area (Å²) in [6.45, 7) is 4.39. The number of carbonyl (C=O) groups is 1. The van der Waals surface area contributed by atoms with E-state index in [-0.39, 0.29) is 11.5 Å². The molecular formula is C15H21F2N3O. The summed E-state index contributed by atoms with van der Waals surface area (Å²) < 4.78 is 26.6. The lowest BCUT2D eigenvalue weighted by molar-refractivity contribution is 0.0756. The van der Waals surface area contributed by atoms with E-state index in [1.165, 1.54) is 6.07 Å². The Bertz CT molecular complexity index is 496. The predicted molar refractivity (Wildman–Crippen MR) is 77.0 cm³/mol. The van der Waals surface area contributed by atoms with Crippen molar-refractivity contribution in [3.63, 3.8) is 0 Å². The largest absolute Gasteiger partial charge is 0.337 e. The molecule has 6 heteroatoms.